The SMILES string of the molecule is CCNS(=O)(=O)CC(O)C(Cl)(Cl)Cl. The van der Waals surface area contributed by atoms with Crippen molar-refractivity contribution in [1.82, 2.24) is 4.72 Å². The molecular formula is C5H10Cl3NO3S. The highest BCUT2D eigenvalue weighted by Gasteiger charge is 2.34. The molecule has 2 N–H and O–H groups in total. The number of aliphatic hydroxyl groups excluding tert-OH is 1. The number of alkyl halides is 3. The summed E-state index contributed by atoms with van der Waals surface area (Å²) in [6, 6.07) is 0. The average Bonchev–Trinajstić information content (AvgIpc) is 1.83. The van der Waals surface area contributed by atoms with Crippen LogP contribution < -0.4 is 4.72 Å². The van der Waals surface area contributed by atoms with Crippen molar-refractivity contribution in [3.63, 3.8) is 0 Å². The van der Waals surface area contributed by atoms with E-state index in [-0.39, 0.29) is 6.54 Å². The predicted octanol–water partition coefficient (Wildman–Crippen LogP) is 0.657. The summed E-state index contributed by atoms with van der Waals surface area (Å²) in [5.41, 5.74) is 0. The molecule has 0 aromatic carbocycles. The molecule has 0 amide bonds. The van der Waals surface area contributed by atoms with Crippen molar-refractivity contribution >= 4 is 44.8 Å². The standard InChI is InChI=1S/C5H10Cl3NO3S/c1-2-9-13(11,12)3-4(10)5(6,7)8/h4,9-10H,2-3H2,1H3. The Bertz CT molecular complexity index is 248. The Morgan fingerprint density at radius 2 is 1.92 bits per heavy atom. The summed E-state index contributed by atoms with van der Waals surface area (Å²) in [5, 5.41) is 9.13. The fourth-order valence-corrected chi connectivity index (χ4v) is 2.31. The van der Waals surface area contributed by atoms with Crippen LogP contribution in [0.5, 0.6) is 0 Å². The van der Waals surface area contributed by atoms with E-state index in [9.17, 15) is 8.42 Å². The molecule has 0 aliphatic carbocycles. The predicted molar refractivity (Wildman–Crippen MR) is 53.8 cm³/mol. The molecule has 0 aliphatic heterocycles. The molecule has 0 spiro atoms. The summed E-state index contributed by atoms with van der Waals surface area (Å²) >= 11 is 15.8. The van der Waals surface area contributed by atoms with Gasteiger partial charge < -0.3 is 5.11 Å². The van der Waals surface area contributed by atoms with Gasteiger partial charge in [-0.15, -0.1) is 0 Å². The largest absolute Gasteiger partial charge is 0.388 e. The van der Waals surface area contributed by atoms with E-state index >= 15 is 0 Å². The molecule has 0 radical (unpaired) electrons. The Balaban J connectivity index is 4.29. The topological polar surface area (TPSA) is 66.4 Å². The second-order valence-corrected chi connectivity index (χ2v) is 6.56. The summed E-state index contributed by atoms with van der Waals surface area (Å²) < 4.78 is 22.3. The smallest absolute Gasteiger partial charge is 0.217 e. The fraction of sp³-hybridized carbons (Fsp3) is 1.00. The highest BCUT2D eigenvalue weighted by atomic mass is 35.6. The zero-order chi connectivity index (χ0) is 10.7. The second-order valence-electron chi connectivity index (χ2n) is 2.34. The summed E-state index contributed by atoms with van der Waals surface area (Å²) in [6.45, 7) is 1.84. The van der Waals surface area contributed by atoms with Crippen molar-refractivity contribution in [1.29, 1.82) is 0 Å². The summed E-state index contributed by atoms with van der Waals surface area (Å²) in [4.78, 5) is 0. The van der Waals surface area contributed by atoms with Crippen molar-refractivity contribution in [2.24, 2.45) is 0 Å². The third kappa shape index (κ3) is 5.93. The number of aliphatic hydroxyl groups is 1. The zero-order valence-electron chi connectivity index (χ0n) is 6.80. The van der Waals surface area contributed by atoms with Crippen LogP contribution in [0.25, 0.3) is 0 Å². The molecule has 0 saturated carbocycles. The van der Waals surface area contributed by atoms with Gasteiger partial charge in [0, 0.05) is 6.54 Å². The average molecular weight is 271 g/mol. The fourth-order valence-electron chi connectivity index (χ4n) is 0.581. The molecule has 0 aromatic heterocycles. The van der Waals surface area contributed by atoms with Crippen LogP contribution in [0.15, 0.2) is 0 Å². The quantitative estimate of drug-likeness (QED) is 0.738. The maximum Gasteiger partial charge on any atom is 0.217 e. The van der Waals surface area contributed by atoms with Crippen LogP contribution in [0.3, 0.4) is 0 Å². The maximum atomic E-state index is 11.0. The van der Waals surface area contributed by atoms with Crippen LogP contribution in [0, 0.1) is 0 Å². The Hall–Kier alpha value is 0.740. The summed E-state index contributed by atoms with van der Waals surface area (Å²) in [7, 11) is -3.57. The first kappa shape index (κ1) is 13.7. The van der Waals surface area contributed by atoms with E-state index in [2.05, 4.69) is 4.72 Å². The van der Waals surface area contributed by atoms with Gasteiger partial charge in [0.2, 0.25) is 13.8 Å². The maximum absolute atomic E-state index is 11.0. The Labute approximate surface area is 92.2 Å². The molecule has 1 atom stereocenters. The molecule has 0 aliphatic rings. The molecule has 0 fully saturated rings. The van der Waals surface area contributed by atoms with Crippen LogP contribution in [-0.2, 0) is 10.0 Å². The number of rotatable bonds is 4. The molecule has 0 bridgehead atoms. The molecule has 0 saturated heterocycles. The Morgan fingerprint density at radius 1 is 1.46 bits per heavy atom. The van der Waals surface area contributed by atoms with E-state index in [4.69, 9.17) is 39.9 Å². The summed E-state index contributed by atoms with van der Waals surface area (Å²) in [5.74, 6) is -0.628. The van der Waals surface area contributed by atoms with Crippen LogP contribution in [0.1, 0.15) is 6.92 Å². The molecule has 4 nitrogen and oxygen atoms in total. The number of sulfonamides is 1. The van der Waals surface area contributed by atoms with Crippen molar-refractivity contribution in [3.05, 3.63) is 0 Å². The highest BCUT2D eigenvalue weighted by molar-refractivity contribution is 7.89. The van der Waals surface area contributed by atoms with Crippen molar-refractivity contribution in [3.8, 4) is 0 Å². The second kappa shape index (κ2) is 5.00. The van der Waals surface area contributed by atoms with E-state index in [1.54, 1.807) is 6.92 Å². The van der Waals surface area contributed by atoms with E-state index in [1.165, 1.54) is 0 Å². The van der Waals surface area contributed by atoms with Crippen molar-refractivity contribution in [2.75, 3.05) is 12.3 Å². The molecule has 0 rings (SSSR count). The molecule has 8 heteroatoms. The van der Waals surface area contributed by atoms with Gasteiger partial charge in [-0.2, -0.15) is 0 Å². The van der Waals surface area contributed by atoms with E-state index in [0.29, 0.717) is 0 Å². The minimum absolute atomic E-state index is 0.231. The number of hydrogen-bond acceptors (Lipinski definition) is 3. The van der Waals surface area contributed by atoms with Gasteiger partial charge in [0.15, 0.2) is 0 Å². The Morgan fingerprint density at radius 3 is 2.23 bits per heavy atom. The van der Waals surface area contributed by atoms with Gasteiger partial charge in [0.05, 0.1) is 5.75 Å². The molecule has 0 aromatic rings. The lowest BCUT2D eigenvalue weighted by molar-refractivity contribution is 0.201. The lowest BCUT2D eigenvalue weighted by atomic mass is 10.5. The Kier molecular flexibility index (Phi) is 5.28. The van der Waals surface area contributed by atoms with Crippen LogP contribution in [-0.4, -0.2) is 35.7 Å². The highest BCUT2D eigenvalue weighted by Crippen LogP contribution is 2.30. The van der Waals surface area contributed by atoms with E-state index < -0.39 is 25.7 Å². The number of halogens is 3. The van der Waals surface area contributed by atoms with Crippen molar-refractivity contribution in [2.45, 2.75) is 16.8 Å². The van der Waals surface area contributed by atoms with Gasteiger partial charge >= 0.3 is 0 Å². The van der Waals surface area contributed by atoms with Gasteiger partial charge in [0.1, 0.15) is 6.10 Å². The van der Waals surface area contributed by atoms with Gasteiger partial charge in [-0.3, -0.25) is 0 Å². The molecule has 0 heterocycles. The molecular weight excluding hydrogens is 260 g/mol. The van der Waals surface area contributed by atoms with Crippen LogP contribution >= 0.6 is 34.8 Å². The molecule has 80 valence electrons. The van der Waals surface area contributed by atoms with Crippen molar-refractivity contribution < 1.29 is 13.5 Å². The van der Waals surface area contributed by atoms with Gasteiger partial charge in [-0.1, -0.05) is 41.7 Å². The third-order valence-electron chi connectivity index (χ3n) is 1.12. The first-order valence-corrected chi connectivity index (χ1v) is 6.20. The first-order chi connectivity index (χ1) is 5.69. The number of nitrogens with one attached hydrogen (secondary N) is 1. The first-order valence-electron chi connectivity index (χ1n) is 3.41. The van der Waals surface area contributed by atoms with E-state index in [1.807, 2.05) is 0 Å². The molecule has 1 unspecified atom stereocenters. The van der Waals surface area contributed by atoms with Gasteiger partial charge in [-0.05, 0) is 0 Å². The minimum Gasteiger partial charge on any atom is -0.388 e. The third-order valence-corrected chi connectivity index (χ3v) is 3.36. The van der Waals surface area contributed by atoms with E-state index in [0.717, 1.165) is 0 Å². The zero-order valence-corrected chi connectivity index (χ0v) is 9.88. The monoisotopic (exact) mass is 269 g/mol. The van der Waals surface area contributed by atoms with Gasteiger partial charge in [-0.25, -0.2) is 13.1 Å². The molecule has 13 heavy (non-hydrogen) atoms. The van der Waals surface area contributed by atoms with Crippen LogP contribution in [0.4, 0.5) is 0 Å². The normalized spacial score (nSPS) is 15.8. The summed E-state index contributed by atoms with van der Waals surface area (Å²) in [6.07, 6.45) is -1.54. The minimum atomic E-state index is -3.57. The lowest BCUT2D eigenvalue weighted by Gasteiger charge is -2.18. The lowest BCUT2D eigenvalue weighted by Crippen LogP contribution is -2.38. The van der Waals surface area contributed by atoms with Gasteiger partial charge in [0.25, 0.3) is 0 Å². The van der Waals surface area contributed by atoms with Crippen LogP contribution in [0.2, 0.25) is 0 Å². The number of hydrogen-bond donors (Lipinski definition) is 2.